The minimum absolute atomic E-state index is 0.0904. The topological polar surface area (TPSA) is 85.8 Å². The lowest BCUT2D eigenvalue weighted by atomic mass is 10.2. The second kappa shape index (κ2) is 5.56. The van der Waals surface area contributed by atoms with Crippen molar-refractivity contribution in [2.24, 2.45) is 10.2 Å². The number of carbonyl (C=O) groups excluding carboxylic acids is 1. The molecule has 1 N–H and O–H groups in total. The molecule has 2 rings (SSSR count). The third-order valence-corrected chi connectivity index (χ3v) is 2.42. The van der Waals surface area contributed by atoms with E-state index >= 15 is 0 Å². The monoisotopic (exact) mass is 251 g/mol. The third kappa shape index (κ3) is 3.01. The zero-order chi connectivity index (χ0) is 13.7. The average molecular weight is 251 g/mol. The van der Waals surface area contributed by atoms with E-state index in [0.29, 0.717) is 23.2 Å². The second-order valence-corrected chi connectivity index (χ2v) is 3.72. The summed E-state index contributed by atoms with van der Waals surface area (Å²) in [4.78, 5) is 10.7. The van der Waals surface area contributed by atoms with Crippen molar-refractivity contribution in [1.29, 1.82) is 5.26 Å². The van der Waals surface area contributed by atoms with Crippen LogP contribution < -0.4 is 0 Å². The smallest absolute Gasteiger partial charge is 0.153 e. The van der Waals surface area contributed by atoms with Crippen molar-refractivity contribution in [3.63, 3.8) is 0 Å². The Morgan fingerprint density at radius 1 is 1.05 bits per heavy atom. The zero-order valence-electron chi connectivity index (χ0n) is 9.82. The van der Waals surface area contributed by atoms with Gasteiger partial charge in [-0.25, -0.2) is 0 Å². The molecule has 0 saturated carbocycles. The highest BCUT2D eigenvalue weighted by Crippen LogP contribution is 2.23. The van der Waals surface area contributed by atoms with Gasteiger partial charge in [-0.15, -0.1) is 0 Å². The Morgan fingerprint density at radius 3 is 2.32 bits per heavy atom. The van der Waals surface area contributed by atoms with Crippen LogP contribution in [-0.4, -0.2) is 11.4 Å². The number of carbonyl (C=O) groups is 1. The van der Waals surface area contributed by atoms with Crippen LogP contribution in [0.2, 0.25) is 0 Å². The first-order valence-corrected chi connectivity index (χ1v) is 5.43. The van der Waals surface area contributed by atoms with Crippen molar-refractivity contribution >= 4 is 17.7 Å². The van der Waals surface area contributed by atoms with Gasteiger partial charge in [-0.3, -0.25) is 4.79 Å². The van der Waals surface area contributed by atoms with E-state index in [1.165, 1.54) is 12.1 Å². The van der Waals surface area contributed by atoms with Crippen LogP contribution in [0.3, 0.4) is 0 Å². The van der Waals surface area contributed by atoms with Gasteiger partial charge in [-0.2, -0.15) is 15.5 Å². The Hall–Kier alpha value is -3.00. The molecule has 5 nitrogen and oxygen atoms in total. The van der Waals surface area contributed by atoms with Crippen molar-refractivity contribution in [3.8, 4) is 11.8 Å². The summed E-state index contributed by atoms with van der Waals surface area (Å²) in [7, 11) is 0. The summed E-state index contributed by atoms with van der Waals surface area (Å²) in [5.41, 5.74) is 1.77. The van der Waals surface area contributed by atoms with Crippen LogP contribution in [0.25, 0.3) is 0 Å². The molecule has 0 aliphatic carbocycles. The standard InChI is InChI=1S/C14H9N3O2/c15-8-10-1-3-12(4-2-10)16-17-13-5-6-14(19)11(7-13)9-18/h1-7,9,19H. The van der Waals surface area contributed by atoms with Crippen molar-refractivity contribution in [2.45, 2.75) is 0 Å². The molecular formula is C14H9N3O2. The summed E-state index contributed by atoms with van der Waals surface area (Å²) < 4.78 is 0. The number of aldehydes is 1. The van der Waals surface area contributed by atoms with Gasteiger partial charge in [0.2, 0.25) is 0 Å². The predicted octanol–water partition coefficient (Wildman–Crippen LogP) is 3.49. The summed E-state index contributed by atoms with van der Waals surface area (Å²) >= 11 is 0. The van der Waals surface area contributed by atoms with Crippen LogP contribution in [0.1, 0.15) is 15.9 Å². The first kappa shape index (κ1) is 12.5. The Balaban J connectivity index is 2.22. The van der Waals surface area contributed by atoms with Gasteiger partial charge < -0.3 is 5.11 Å². The molecular weight excluding hydrogens is 242 g/mol. The molecule has 5 heteroatoms. The zero-order valence-corrected chi connectivity index (χ0v) is 9.82. The molecule has 0 atom stereocenters. The van der Waals surface area contributed by atoms with E-state index < -0.39 is 0 Å². The molecule has 0 spiro atoms. The minimum atomic E-state index is -0.0904. The number of benzene rings is 2. The van der Waals surface area contributed by atoms with Gasteiger partial charge in [0, 0.05) is 0 Å². The molecule has 0 bridgehead atoms. The van der Waals surface area contributed by atoms with E-state index in [2.05, 4.69) is 10.2 Å². The van der Waals surface area contributed by atoms with Gasteiger partial charge >= 0.3 is 0 Å². The molecule has 0 aliphatic heterocycles. The maximum atomic E-state index is 10.7. The van der Waals surface area contributed by atoms with Crippen molar-refractivity contribution in [3.05, 3.63) is 53.6 Å². The predicted molar refractivity (Wildman–Crippen MR) is 68.8 cm³/mol. The molecule has 0 unspecified atom stereocenters. The number of nitrogens with zero attached hydrogens (tertiary/aromatic N) is 3. The molecule has 0 aliphatic rings. The Kier molecular flexibility index (Phi) is 3.64. The van der Waals surface area contributed by atoms with Crippen molar-refractivity contribution < 1.29 is 9.90 Å². The third-order valence-electron chi connectivity index (χ3n) is 2.42. The molecule has 0 aromatic heterocycles. The number of phenols is 1. The lowest BCUT2D eigenvalue weighted by Crippen LogP contribution is -1.79. The molecule has 0 radical (unpaired) electrons. The van der Waals surface area contributed by atoms with Gasteiger partial charge in [0.25, 0.3) is 0 Å². The molecule has 0 heterocycles. The maximum absolute atomic E-state index is 10.7. The number of rotatable bonds is 3. The Morgan fingerprint density at radius 2 is 1.68 bits per heavy atom. The van der Waals surface area contributed by atoms with E-state index in [4.69, 9.17) is 5.26 Å². The van der Waals surface area contributed by atoms with E-state index in [1.807, 2.05) is 6.07 Å². The molecule has 2 aromatic rings. The number of phenolic OH excluding ortho intramolecular Hbond substituents is 1. The maximum Gasteiger partial charge on any atom is 0.153 e. The van der Waals surface area contributed by atoms with E-state index in [-0.39, 0.29) is 11.3 Å². The van der Waals surface area contributed by atoms with E-state index in [1.54, 1.807) is 30.3 Å². The second-order valence-electron chi connectivity index (χ2n) is 3.72. The van der Waals surface area contributed by atoms with Crippen molar-refractivity contribution in [2.75, 3.05) is 0 Å². The average Bonchev–Trinajstić information content (AvgIpc) is 2.47. The lowest BCUT2D eigenvalue weighted by molar-refractivity contribution is 0.112. The normalized spacial score (nSPS) is 10.3. The highest BCUT2D eigenvalue weighted by Gasteiger charge is 2.00. The number of hydrogen-bond acceptors (Lipinski definition) is 5. The summed E-state index contributed by atoms with van der Waals surface area (Å²) in [5, 5.41) is 25.9. The van der Waals surface area contributed by atoms with Gasteiger partial charge in [-0.1, -0.05) is 0 Å². The van der Waals surface area contributed by atoms with Crippen LogP contribution >= 0.6 is 0 Å². The number of aromatic hydroxyl groups is 1. The molecule has 19 heavy (non-hydrogen) atoms. The Labute approximate surface area is 109 Å². The lowest BCUT2D eigenvalue weighted by Gasteiger charge is -1.97. The van der Waals surface area contributed by atoms with Gasteiger partial charge in [0.15, 0.2) is 6.29 Å². The summed E-state index contributed by atoms with van der Waals surface area (Å²) in [6, 6.07) is 13.0. The fourth-order valence-corrected chi connectivity index (χ4v) is 1.42. The highest BCUT2D eigenvalue weighted by atomic mass is 16.3. The van der Waals surface area contributed by atoms with Crippen LogP contribution in [-0.2, 0) is 0 Å². The fourth-order valence-electron chi connectivity index (χ4n) is 1.42. The molecule has 2 aromatic carbocycles. The van der Waals surface area contributed by atoms with Crippen LogP contribution in [0, 0.1) is 11.3 Å². The quantitative estimate of drug-likeness (QED) is 0.669. The van der Waals surface area contributed by atoms with Crippen molar-refractivity contribution in [1.82, 2.24) is 0 Å². The summed E-state index contributed by atoms with van der Waals surface area (Å²) in [5.74, 6) is -0.0904. The summed E-state index contributed by atoms with van der Waals surface area (Å²) in [6.45, 7) is 0. The first-order valence-electron chi connectivity index (χ1n) is 5.43. The SMILES string of the molecule is N#Cc1ccc(N=Nc2ccc(O)c(C=O)c2)cc1. The van der Waals surface area contributed by atoms with E-state index in [0.717, 1.165) is 0 Å². The number of azo groups is 1. The largest absolute Gasteiger partial charge is 0.507 e. The first-order chi connectivity index (χ1) is 9.22. The van der Waals surface area contributed by atoms with E-state index in [9.17, 15) is 9.90 Å². The summed E-state index contributed by atoms with van der Waals surface area (Å²) in [6.07, 6.45) is 0.552. The van der Waals surface area contributed by atoms with Crippen LogP contribution in [0.4, 0.5) is 11.4 Å². The molecule has 92 valence electrons. The molecule has 0 amide bonds. The fraction of sp³-hybridized carbons (Fsp3) is 0. The van der Waals surface area contributed by atoms with Gasteiger partial charge in [0.1, 0.15) is 5.75 Å². The number of nitriles is 1. The highest BCUT2D eigenvalue weighted by molar-refractivity contribution is 5.80. The van der Waals surface area contributed by atoms with Crippen LogP contribution in [0.5, 0.6) is 5.75 Å². The van der Waals surface area contributed by atoms with Gasteiger partial charge in [-0.05, 0) is 42.5 Å². The van der Waals surface area contributed by atoms with Gasteiger partial charge in [0.05, 0.1) is 28.6 Å². The molecule has 0 fully saturated rings. The number of hydrogen-bond donors (Lipinski definition) is 1. The minimum Gasteiger partial charge on any atom is -0.507 e. The van der Waals surface area contributed by atoms with Crippen LogP contribution in [0.15, 0.2) is 52.7 Å². The Bertz CT molecular complexity index is 670. The molecule has 0 saturated heterocycles.